The molecule has 186 valence electrons. The van der Waals surface area contributed by atoms with Gasteiger partial charge >= 0.3 is 0 Å². The molecule has 0 saturated heterocycles. The fraction of sp³-hybridized carbons (Fsp3) is 0.562. The Morgan fingerprint density at radius 2 is 1.24 bits per heavy atom. The summed E-state index contributed by atoms with van der Waals surface area (Å²) in [6, 6.07) is 16.0. The molecule has 0 radical (unpaired) electrons. The van der Waals surface area contributed by atoms with E-state index in [9.17, 15) is 5.11 Å². The van der Waals surface area contributed by atoms with E-state index in [1.165, 1.54) is 58.4 Å². The second-order valence-corrected chi connectivity index (χ2v) is 12.2. The molecule has 1 unspecified atom stereocenters. The molecule has 0 spiro atoms. The summed E-state index contributed by atoms with van der Waals surface area (Å²) in [6.07, 6.45) is 4.23. The Morgan fingerprint density at radius 1 is 0.706 bits per heavy atom. The number of rotatable bonds is 9. The van der Waals surface area contributed by atoms with Gasteiger partial charge in [-0.05, 0) is 87.1 Å². The zero-order chi connectivity index (χ0) is 25.1. The Balaban J connectivity index is 2.15. The van der Waals surface area contributed by atoms with Crippen LogP contribution in [0.5, 0.6) is 0 Å². The maximum absolute atomic E-state index is 11.5. The maximum atomic E-state index is 11.5. The van der Waals surface area contributed by atoms with Gasteiger partial charge in [0.05, 0.1) is 6.10 Å². The first-order chi connectivity index (χ1) is 16.0. The standard InChI is InChI=1S/C32H47NO/c1-9-11-17-33(18-12-10-2)22-30(34)29-19-23-13-14-24(31(3,4)5)20-27(23)28-21-25(32(6,7)8)15-16-26(28)29/h13-16,19-21,30,34H,9-12,17-18,22H2,1-8H3. The molecule has 0 fully saturated rings. The minimum atomic E-state index is -0.497. The highest BCUT2D eigenvalue weighted by Gasteiger charge is 2.21. The molecule has 0 aromatic heterocycles. The van der Waals surface area contributed by atoms with Gasteiger partial charge in [0.25, 0.3) is 0 Å². The number of aliphatic hydroxyl groups excluding tert-OH is 1. The van der Waals surface area contributed by atoms with Crippen molar-refractivity contribution < 1.29 is 5.11 Å². The number of fused-ring (bicyclic) bond motifs is 3. The average molecular weight is 462 g/mol. The molecule has 0 bridgehead atoms. The molecule has 0 amide bonds. The van der Waals surface area contributed by atoms with Gasteiger partial charge in [0.15, 0.2) is 0 Å². The Morgan fingerprint density at radius 3 is 1.76 bits per heavy atom. The molecule has 0 aliphatic heterocycles. The van der Waals surface area contributed by atoms with Crippen molar-refractivity contribution in [2.24, 2.45) is 0 Å². The molecule has 0 aliphatic carbocycles. The van der Waals surface area contributed by atoms with E-state index in [0.29, 0.717) is 6.54 Å². The molecule has 3 aromatic carbocycles. The highest BCUT2D eigenvalue weighted by Crippen LogP contribution is 2.37. The highest BCUT2D eigenvalue weighted by atomic mass is 16.3. The van der Waals surface area contributed by atoms with Crippen LogP contribution in [0.2, 0.25) is 0 Å². The van der Waals surface area contributed by atoms with Crippen LogP contribution >= 0.6 is 0 Å². The van der Waals surface area contributed by atoms with Crippen molar-refractivity contribution in [3.05, 3.63) is 59.2 Å². The van der Waals surface area contributed by atoms with Gasteiger partial charge in [0, 0.05) is 6.54 Å². The second-order valence-electron chi connectivity index (χ2n) is 12.2. The minimum Gasteiger partial charge on any atom is -0.387 e. The van der Waals surface area contributed by atoms with Gasteiger partial charge < -0.3 is 10.0 Å². The second kappa shape index (κ2) is 10.8. The first-order valence-electron chi connectivity index (χ1n) is 13.4. The van der Waals surface area contributed by atoms with E-state index in [0.717, 1.165) is 18.7 Å². The quantitative estimate of drug-likeness (QED) is 0.323. The summed E-state index contributed by atoms with van der Waals surface area (Å²) in [5.41, 5.74) is 3.92. The Kier molecular flexibility index (Phi) is 8.47. The lowest BCUT2D eigenvalue weighted by Crippen LogP contribution is -2.30. The fourth-order valence-electron chi connectivity index (χ4n) is 4.79. The summed E-state index contributed by atoms with van der Waals surface area (Å²) < 4.78 is 0. The number of benzene rings is 3. The third-order valence-corrected chi connectivity index (χ3v) is 7.16. The number of nitrogens with zero attached hydrogens (tertiary/aromatic N) is 1. The molecule has 3 rings (SSSR count). The molecule has 1 atom stereocenters. The van der Waals surface area contributed by atoms with Gasteiger partial charge in [0.1, 0.15) is 0 Å². The number of unbranched alkanes of at least 4 members (excludes halogenated alkanes) is 2. The molecule has 0 heterocycles. The molecule has 0 saturated carbocycles. The molecule has 34 heavy (non-hydrogen) atoms. The van der Waals surface area contributed by atoms with Gasteiger partial charge in [-0.3, -0.25) is 0 Å². The smallest absolute Gasteiger partial charge is 0.0923 e. The van der Waals surface area contributed by atoms with Crippen molar-refractivity contribution in [2.75, 3.05) is 19.6 Å². The van der Waals surface area contributed by atoms with Crippen molar-refractivity contribution in [2.45, 2.75) is 98.0 Å². The van der Waals surface area contributed by atoms with Crippen molar-refractivity contribution in [3.63, 3.8) is 0 Å². The summed E-state index contributed by atoms with van der Waals surface area (Å²) in [7, 11) is 0. The van der Waals surface area contributed by atoms with Gasteiger partial charge in [-0.2, -0.15) is 0 Å². The van der Waals surface area contributed by atoms with Gasteiger partial charge in [-0.25, -0.2) is 0 Å². The number of hydrogen-bond acceptors (Lipinski definition) is 2. The van der Waals surface area contributed by atoms with E-state index >= 15 is 0 Å². The third-order valence-electron chi connectivity index (χ3n) is 7.16. The molecular weight excluding hydrogens is 414 g/mol. The lowest BCUT2D eigenvalue weighted by molar-refractivity contribution is 0.112. The predicted molar refractivity (Wildman–Crippen MR) is 150 cm³/mol. The SMILES string of the molecule is CCCCN(CCCC)CC(O)c1cc2ccc(C(C)(C)C)cc2c2cc(C(C)(C)C)ccc12. The topological polar surface area (TPSA) is 23.5 Å². The lowest BCUT2D eigenvalue weighted by atomic mass is 9.82. The van der Waals surface area contributed by atoms with E-state index in [-0.39, 0.29) is 10.8 Å². The summed E-state index contributed by atoms with van der Waals surface area (Å²) in [5.74, 6) is 0. The summed E-state index contributed by atoms with van der Waals surface area (Å²) in [6.45, 7) is 20.9. The molecule has 3 aromatic rings. The van der Waals surface area contributed by atoms with E-state index in [1.54, 1.807) is 0 Å². The van der Waals surface area contributed by atoms with E-state index in [2.05, 4.69) is 103 Å². The van der Waals surface area contributed by atoms with Crippen molar-refractivity contribution in [3.8, 4) is 0 Å². The molecule has 0 aliphatic rings. The Bertz CT molecular complexity index is 1090. The Labute approximate surface area is 208 Å². The van der Waals surface area contributed by atoms with E-state index in [4.69, 9.17) is 0 Å². The van der Waals surface area contributed by atoms with Crippen LogP contribution < -0.4 is 0 Å². The van der Waals surface area contributed by atoms with Gasteiger partial charge in [0.2, 0.25) is 0 Å². The zero-order valence-electron chi connectivity index (χ0n) is 23.0. The van der Waals surface area contributed by atoms with E-state index in [1.807, 2.05) is 0 Å². The van der Waals surface area contributed by atoms with Crippen LogP contribution in [0.3, 0.4) is 0 Å². The molecular formula is C32H47NO. The van der Waals surface area contributed by atoms with Crippen molar-refractivity contribution in [1.29, 1.82) is 0 Å². The average Bonchev–Trinajstić information content (AvgIpc) is 2.78. The normalized spacial score (nSPS) is 13.8. The van der Waals surface area contributed by atoms with Crippen LogP contribution in [-0.4, -0.2) is 29.6 Å². The minimum absolute atomic E-state index is 0.0773. The predicted octanol–water partition coefficient (Wildman–Crippen LogP) is 8.52. The van der Waals surface area contributed by atoms with Crippen molar-refractivity contribution >= 4 is 21.5 Å². The maximum Gasteiger partial charge on any atom is 0.0923 e. The van der Waals surface area contributed by atoms with Crippen LogP contribution in [0.4, 0.5) is 0 Å². The summed E-state index contributed by atoms with van der Waals surface area (Å²) >= 11 is 0. The van der Waals surface area contributed by atoms with Gasteiger partial charge in [-0.15, -0.1) is 0 Å². The van der Waals surface area contributed by atoms with Crippen LogP contribution in [-0.2, 0) is 10.8 Å². The largest absolute Gasteiger partial charge is 0.387 e. The molecule has 2 heteroatoms. The van der Waals surface area contributed by atoms with Crippen molar-refractivity contribution in [1.82, 2.24) is 4.90 Å². The van der Waals surface area contributed by atoms with Crippen LogP contribution in [0.1, 0.15) is 104 Å². The third kappa shape index (κ3) is 6.20. The number of aliphatic hydroxyl groups is 1. The van der Waals surface area contributed by atoms with Crippen LogP contribution in [0, 0.1) is 0 Å². The Hall–Kier alpha value is -1.90. The first kappa shape index (κ1) is 26.7. The zero-order valence-corrected chi connectivity index (χ0v) is 23.0. The van der Waals surface area contributed by atoms with Crippen LogP contribution in [0.25, 0.3) is 21.5 Å². The molecule has 2 nitrogen and oxygen atoms in total. The fourth-order valence-corrected chi connectivity index (χ4v) is 4.79. The van der Waals surface area contributed by atoms with E-state index < -0.39 is 6.10 Å². The highest BCUT2D eigenvalue weighted by molar-refractivity contribution is 6.09. The summed E-state index contributed by atoms with van der Waals surface area (Å²) in [4.78, 5) is 2.46. The lowest BCUT2D eigenvalue weighted by Gasteiger charge is -2.27. The first-order valence-corrected chi connectivity index (χ1v) is 13.4. The monoisotopic (exact) mass is 461 g/mol. The van der Waals surface area contributed by atoms with Gasteiger partial charge in [-0.1, -0.05) is 98.6 Å². The summed E-state index contributed by atoms with van der Waals surface area (Å²) in [5, 5.41) is 16.5. The number of hydrogen-bond donors (Lipinski definition) is 1. The molecule has 1 N–H and O–H groups in total. The van der Waals surface area contributed by atoms with Crippen LogP contribution in [0.15, 0.2) is 42.5 Å².